The first-order valence-corrected chi connectivity index (χ1v) is 5.99. The maximum absolute atomic E-state index is 12.4. The van der Waals surface area contributed by atoms with Crippen LogP contribution in [0.4, 0.5) is 0 Å². The molecule has 0 saturated carbocycles. The molecule has 1 N–H and O–H groups in total. The van der Waals surface area contributed by atoms with Gasteiger partial charge in [-0.1, -0.05) is 24.3 Å². The van der Waals surface area contributed by atoms with E-state index >= 15 is 0 Å². The van der Waals surface area contributed by atoms with Crippen LogP contribution in [0.5, 0.6) is 5.75 Å². The van der Waals surface area contributed by atoms with E-state index in [0.29, 0.717) is 28.5 Å². The predicted molar refractivity (Wildman–Crippen MR) is 75.6 cm³/mol. The Hall–Kier alpha value is -2.55. The molecule has 0 radical (unpaired) electrons. The van der Waals surface area contributed by atoms with E-state index in [4.69, 9.17) is 4.42 Å². The van der Waals surface area contributed by atoms with Gasteiger partial charge in [-0.15, -0.1) is 6.58 Å². The van der Waals surface area contributed by atoms with E-state index in [1.165, 1.54) is 0 Å². The molecular formula is C16H12O3. The number of allylic oxidation sites excluding steroid dienone is 1. The Balaban J connectivity index is 2.49. The number of hydrogen-bond donors (Lipinski definition) is 1. The topological polar surface area (TPSA) is 50.4 Å². The fraction of sp³-hybridized carbons (Fsp3) is 0.0625. The van der Waals surface area contributed by atoms with Crippen molar-refractivity contribution >= 4 is 21.9 Å². The molecule has 94 valence electrons. The van der Waals surface area contributed by atoms with Crippen LogP contribution in [0.1, 0.15) is 5.56 Å². The van der Waals surface area contributed by atoms with Gasteiger partial charge in [0.1, 0.15) is 22.3 Å². The largest absolute Gasteiger partial charge is 0.507 e. The number of phenols is 1. The minimum atomic E-state index is -0.208. The fourth-order valence-electron chi connectivity index (χ4n) is 2.24. The van der Waals surface area contributed by atoms with Gasteiger partial charge in [-0.3, -0.25) is 4.79 Å². The second kappa shape index (κ2) is 4.28. The van der Waals surface area contributed by atoms with Crippen LogP contribution in [0, 0.1) is 0 Å². The molecule has 0 spiro atoms. The summed E-state index contributed by atoms with van der Waals surface area (Å²) in [6.07, 6.45) is 2.19. The molecule has 3 aromatic rings. The van der Waals surface area contributed by atoms with Crippen LogP contribution in [-0.2, 0) is 6.42 Å². The standard InChI is InChI=1S/C16H12O3/c1-2-5-10-8-9-13-14(15(10)17)16(18)11-6-3-4-7-12(11)19-13/h2-4,6-9,17H,1,5H2. The second-order valence-corrected chi connectivity index (χ2v) is 4.37. The monoisotopic (exact) mass is 252 g/mol. The van der Waals surface area contributed by atoms with Gasteiger partial charge in [-0.25, -0.2) is 0 Å². The van der Waals surface area contributed by atoms with Crippen molar-refractivity contribution in [1.82, 2.24) is 0 Å². The van der Waals surface area contributed by atoms with Crippen molar-refractivity contribution in [2.75, 3.05) is 0 Å². The Labute approximate surface area is 109 Å². The van der Waals surface area contributed by atoms with Gasteiger partial charge in [0.25, 0.3) is 0 Å². The quantitative estimate of drug-likeness (QED) is 0.562. The zero-order chi connectivity index (χ0) is 13.4. The smallest absolute Gasteiger partial charge is 0.204 e. The third-order valence-electron chi connectivity index (χ3n) is 3.17. The highest BCUT2D eigenvalue weighted by molar-refractivity contribution is 5.93. The number of rotatable bonds is 2. The number of phenolic OH excluding ortho intramolecular Hbond substituents is 1. The lowest BCUT2D eigenvalue weighted by Crippen LogP contribution is -2.03. The first-order valence-electron chi connectivity index (χ1n) is 5.99. The molecule has 0 saturated heterocycles. The van der Waals surface area contributed by atoms with Crippen molar-refractivity contribution in [2.45, 2.75) is 6.42 Å². The van der Waals surface area contributed by atoms with Crippen LogP contribution >= 0.6 is 0 Å². The number of benzene rings is 2. The van der Waals surface area contributed by atoms with Gasteiger partial charge in [0.15, 0.2) is 0 Å². The molecular weight excluding hydrogens is 240 g/mol. The molecule has 3 rings (SSSR count). The molecule has 3 nitrogen and oxygen atoms in total. The van der Waals surface area contributed by atoms with E-state index in [9.17, 15) is 9.90 Å². The minimum absolute atomic E-state index is 0.0168. The Morgan fingerprint density at radius 1 is 1.16 bits per heavy atom. The van der Waals surface area contributed by atoms with Crippen LogP contribution < -0.4 is 5.43 Å². The molecule has 0 aliphatic rings. The first-order chi connectivity index (χ1) is 9.22. The van der Waals surface area contributed by atoms with E-state index in [1.54, 1.807) is 36.4 Å². The van der Waals surface area contributed by atoms with Crippen molar-refractivity contribution in [2.24, 2.45) is 0 Å². The highest BCUT2D eigenvalue weighted by Crippen LogP contribution is 2.29. The summed E-state index contributed by atoms with van der Waals surface area (Å²) < 4.78 is 5.66. The summed E-state index contributed by atoms with van der Waals surface area (Å²) in [5.41, 5.74) is 1.38. The van der Waals surface area contributed by atoms with Gasteiger partial charge in [-0.2, -0.15) is 0 Å². The van der Waals surface area contributed by atoms with E-state index in [1.807, 2.05) is 6.07 Å². The van der Waals surface area contributed by atoms with Crippen molar-refractivity contribution < 1.29 is 9.52 Å². The molecule has 0 aliphatic carbocycles. The van der Waals surface area contributed by atoms with Gasteiger partial charge in [0, 0.05) is 0 Å². The number of para-hydroxylation sites is 1. The molecule has 3 heteroatoms. The summed E-state index contributed by atoms with van der Waals surface area (Å²) in [5.74, 6) is -0.0168. The highest BCUT2D eigenvalue weighted by Gasteiger charge is 2.13. The van der Waals surface area contributed by atoms with Crippen LogP contribution in [0.15, 0.2) is 58.3 Å². The third-order valence-corrected chi connectivity index (χ3v) is 3.17. The SMILES string of the molecule is C=CCc1ccc2oc3ccccc3c(=O)c2c1O. The summed E-state index contributed by atoms with van der Waals surface area (Å²) >= 11 is 0. The molecule has 0 aliphatic heterocycles. The van der Waals surface area contributed by atoms with Gasteiger partial charge in [-0.05, 0) is 30.2 Å². The molecule has 0 atom stereocenters. The third kappa shape index (κ3) is 1.71. The molecule has 0 amide bonds. The Morgan fingerprint density at radius 3 is 2.74 bits per heavy atom. The second-order valence-electron chi connectivity index (χ2n) is 4.37. The first kappa shape index (κ1) is 11.5. The number of aromatic hydroxyl groups is 1. The molecule has 0 fully saturated rings. The highest BCUT2D eigenvalue weighted by atomic mass is 16.3. The zero-order valence-electron chi connectivity index (χ0n) is 10.2. The molecule has 0 unspecified atom stereocenters. The molecule has 19 heavy (non-hydrogen) atoms. The van der Waals surface area contributed by atoms with E-state index in [0.717, 1.165) is 0 Å². The molecule has 1 heterocycles. The van der Waals surface area contributed by atoms with E-state index < -0.39 is 0 Å². The van der Waals surface area contributed by atoms with Gasteiger partial charge >= 0.3 is 0 Å². The lowest BCUT2D eigenvalue weighted by atomic mass is 10.1. The average Bonchev–Trinajstić information content (AvgIpc) is 2.42. The van der Waals surface area contributed by atoms with Crippen molar-refractivity contribution in [3.8, 4) is 5.75 Å². The van der Waals surface area contributed by atoms with Gasteiger partial charge in [0.2, 0.25) is 5.43 Å². The maximum atomic E-state index is 12.4. The van der Waals surface area contributed by atoms with Gasteiger partial charge < -0.3 is 9.52 Å². The summed E-state index contributed by atoms with van der Waals surface area (Å²) in [6.45, 7) is 3.64. The maximum Gasteiger partial charge on any atom is 0.204 e. The lowest BCUT2D eigenvalue weighted by molar-refractivity contribution is 0.474. The lowest BCUT2D eigenvalue weighted by Gasteiger charge is -2.06. The van der Waals surface area contributed by atoms with Crippen LogP contribution in [-0.4, -0.2) is 5.11 Å². The number of fused-ring (bicyclic) bond motifs is 2. The molecule has 2 aromatic carbocycles. The Kier molecular flexibility index (Phi) is 2.60. The number of hydrogen-bond acceptors (Lipinski definition) is 3. The fourth-order valence-corrected chi connectivity index (χ4v) is 2.24. The van der Waals surface area contributed by atoms with E-state index in [2.05, 4.69) is 6.58 Å². The zero-order valence-corrected chi connectivity index (χ0v) is 10.2. The summed E-state index contributed by atoms with van der Waals surface area (Å²) in [7, 11) is 0. The normalized spacial score (nSPS) is 10.9. The van der Waals surface area contributed by atoms with Crippen LogP contribution in [0.2, 0.25) is 0 Å². The molecule has 0 bridgehead atoms. The van der Waals surface area contributed by atoms with Crippen molar-refractivity contribution in [3.63, 3.8) is 0 Å². The van der Waals surface area contributed by atoms with Crippen LogP contribution in [0.3, 0.4) is 0 Å². The van der Waals surface area contributed by atoms with Crippen molar-refractivity contribution in [1.29, 1.82) is 0 Å². The summed E-state index contributed by atoms with van der Waals surface area (Å²) in [4.78, 5) is 12.4. The predicted octanol–water partition coefficient (Wildman–Crippen LogP) is 3.38. The average molecular weight is 252 g/mol. The minimum Gasteiger partial charge on any atom is -0.507 e. The van der Waals surface area contributed by atoms with Crippen LogP contribution in [0.25, 0.3) is 21.9 Å². The van der Waals surface area contributed by atoms with E-state index in [-0.39, 0.29) is 16.6 Å². The summed E-state index contributed by atoms with van der Waals surface area (Å²) in [5, 5.41) is 10.9. The molecule has 1 aromatic heterocycles. The Bertz CT molecular complexity index is 844. The van der Waals surface area contributed by atoms with Gasteiger partial charge in [0.05, 0.1) is 5.39 Å². The van der Waals surface area contributed by atoms with Crippen molar-refractivity contribution in [3.05, 3.63) is 64.8 Å². The summed E-state index contributed by atoms with van der Waals surface area (Å²) in [6, 6.07) is 10.5. The Morgan fingerprint density at radius 2 is 1.95 bits per heavy atom.